The van der Waals surface area contributed by atoms with E-state index < -0.39 is 0 Å². The van der Waals surface area contributed by atoms with E-state index in [2.05, 4.69) is 0 Å². The zero-order valence-corrected chi connectivity index (χ0v) is 11.5. The van der Waals surface area contributed by atoms with Crippen molar-refractivity contribution < 1.29 is 4.79 Å². The van der Waals surface area contributed by atoms with Crippen molar-refractivity contribution in [1.82, 2.24) is 9.80 Å². The van der Waals surface area contributed by atoms with E-state index in [4.69, 9.17) is 5.73 Å². The molecule has 1 aromatic carbocycles. The van der Waals surface area contributed by atoms with E-state index in [1.807, 2.05) is 55.0 Å². The van der Waals surface area contributed by atoms with Crippen LogP contribution in [0.3, 0.4) is 0 Å². The summed E-state index contributed by atoms with van der Waals surface area (Å²) in [7, 11) is 1.95. The molecular formula is C14H23N3O. The van der Waals surface area contributed by atoms with Gasteiger partial charge in [0.15, 0.2) is 0 Å². The fraction of sp³-hybridized carbons (Fsp3) is 0.500. The summed E-state index contributed by atoms with van der Waals surface area (Å²) in [6.07, 6.45) is 0. The summed E-state index contributed by atoms with van der Waals surface area (Å²) < 4.78 is 0. The summed E-state index contributed by atoms with van der Waals surface area (Å²) >= 11 is 0. The molecule has 0 saturated carbocycles. The van der Waals surface area contributed by atoms with Gasteiger partial charge in [-0.3, -0.25) is 9.69 Å². The Labute approximate surface area is 109 Å². The molecule has 2 N–H and O–H groups in total. The third kappa shape index (κ3) is 4.37. The van der Waals surface area contributed by atoms with Gasteiger partial charge in [0.2, 0.25) is 5.91 Å². The Morgan fingerprint density at radius 1 is 1.28 bits per heavy atom. The summed E-state index contributed by atoms with van der Waals surface area (Å²) in [6.45, 7) is 6.70. The molecule has 0 aliphatic heterocycles. The van der Waals surface area contributed by atoms with Crippen molar-refractivity contribution in [3.8, 4) is 0 Å². The number of anilines is 1. The first-order valence-corrected chi connectivity index (χ1v) is 6.37. The van der Waals surface area contributed by atoms with Crippen LogP contribution in [0, 0.1) is 0 Å². The molecule has 0 aromatic heterocycles. The van der Waals surface area contributed by atoms with Gasteiger partial charge in [-0.15, -0.1) is 0 Å². The molecule has 4 heteroatoms. The number of amides is 1. The van der Waals surface area contributed by atoms with Crippen LogP contribution < -0.4 is 5.73 Å². The molecule has 0 bridgehead atoms. The number of rotatable bonds is 6. The minimum absolute atomic E-state index is 0.173. The molecule has 4 nitrogen and oxygen atoms in total. The summed E-state index contributed by atoms with van der Waals surface area (Å²) in [5.74, 6) is 0.173. The van der Waals surface area contributed by atoms with Crippen LogP contribution >= 0.6 is 0 Å². The SMILES string of the molecule is CCN(CC)C(=O)CN(C)Cc1cccc(N)c1. The van der Waals surface area contributed by atoms with Crippen molar-refractivity contribution in [3.63, 3.8) is 0 Å². The van der Waals surface area contributed by atoms with Crippen molar-refractivity contribution in [2.24, 2.45) is 0 Å². The Morgan fingerprint density at radius 3 is 2.50 bits per heavy atom. The molecule has 1 aromatic rings. The largest absolute Gasteiger partial charge is 0.399 e. The van der Waals surface area contributed by atoms with E-state index in [1.54, 1.807) is 0 Å². The number of benzene rings is 1. The fourth-order valence-corrected chi connectivity index (χ4v) is 1.97. The van der Waals surface area contributed by atoms with Crippen LogP contribution in [-0.2, 0) is 11.3 Å². The molecule has 0 radical (unpaired) electrons. The Balaban J connectivity index is 2.51. The number of carbonyl (C=O) groups is 1. The quantitative estimate of drug-likeness (QED) is 0.779. The number of nitrogen functional groups attached to an aromatic ring is 1. The minimum atomic E-state index is 0.173. The van der Waals surface area contributed by atoms with Gasteiger partial charge in [-0.25, -0.2) is 0 Å². The summed E-state index contributed by atoms with van der Waals surface area (Å²) in [5, 5.41) is 0. The highest BCUT2D eigenvalue weighted by Crippen LogP contribution is 2.08. The maximum absolute atomic E-state index is 11.9. The Morgan fingerprint density at radius 2 is 1.94 bits per heavy atom. The van der Waals surface area contributed by atoms with E-state index in [9.17, 15) is 4.79 Å². The molecule has 0 fully saturated rings. The summed E-state index contributed by atoms with van der Waals surface area (Å²) in [6, 6.07) is 7.77. The molecule has 0 heterocycles. The van der Waals surface area contributed by atoms with E-state index in [-0.39, 0.29) is 5.91 Å². The first-order chi connectivity index (χ1) is 8.56. The second-order valence-electron chi connectivity index (χ2n) is 4.48. The Kier molecular flexibility index (Phi) is 5.65. The first-order valence-electron chi connectivity index (χ1n) is 6.37. The highest BCUT2D eigenvalue weighted by Gasteiger charge is 2.12. The van der Waals surface area contributed by atoms with Crippen LogP contribution in [0.4, 0.5) is 5.69 Å². The van der Waals surface area contributed by atoms with Gasteiger partial charge >= 0.3 is 0 Å². The first kappa shape index (κ1) is 14.5. The molecular weight excluding hydrogens is 226 g/mol. The lowest BCUT2D eigenvalue weighted by Crippen LogP contribution is -2.38. The van der Waals surface area contributed by atoms with E-state index in [1.165, 1.54) is 0 Å². The van der Waals surface area contributed by atoms with Crippen molar-refractivity contribution >= 4 is 11.6 Å². The van der Waals surface area contributed by atoms with Gasteiger partial charge in [0, 0.05) is 25.3 Å². The lowest BCUT2D eigenvalue weighted by Gasteiger charge is -2.23. The van der Waals surface area contributed by atoms with Crippen molar-refractivity contribution in [2.45, 2.75) is 20.4 Å². The molecule has 1 amide bonds. The second kappa shape index (κ2) is 7.01. The molecule has 0 aliphatic carbocycles. The average molecular weight is 249 g/mol. The highest BCUT2D eigenvalue weighted by atomic mass is 16.2. The van der Waals surface area contributed by atoms with Gasteiger partial charge in [-0.2, -0.15) is 0 Å². The third-order valence-corrected chi connectivity index (χ3v) is 2.92. The van der Waals surface area contributed by atoms with Crippen molar-refractivity contribution in [1.29, 1.82) is 0 Å². The Hall–Kier alpha value is -1.55. The predicted octanol–water partition coefficient (Wildman–Crippen LogP) is 1.57. The lowest BCUT2D eigenvalue weighted by molar-refractivity contribution is -0.131. The number of nitrogens with two attached hydrogens (primary N) is 1. The number of likely N-dealkylation sites (N-methyl/N-ethyl adjacent to an activating group) is 2. The van der Waals surface area contributed by atoms with Gasteiger partial charge in [-0.05, 0) is 38.6 Å². The maximum atomic E-state index is 11.9. The van der Waals surface area contributed by atoms with Crippen LogP contribution in [-0.4, -0.2) is 42.4 Å². The van der Waals surface area contributed by atoms with Crippen LogP contribution in [0.2, 0.25) is 0 Å². The number of carbonyl (C=O) groups excluding carboxylic acids is 1. The minimum Gasteiger partial charge on any atom is -0.399 e. The van der Waals surface area contributed by atoms with E-state index in [0.717, 1.165) is 30.9 Å². The number of hydrogen-bond donors (Lipinski definition) is 1. The number of hydrogen-bond acceptors (Lipinski definition) is 3. The zero-order chi connectivity index (χ0) is 13.5. The summed E-state index contributed by atoms with van der Waals surface area (Å²) in [5.41, 5.74) is 7.62. The molecule has 0 aliphatic rings. The van der Waals surface area contributed by atoms with Gasteiger partial charge in [0.05, 0.1) is 6.54 Å². The van der Waals surface area contributed by atoms with E-state index >= 15 is 0 Å². The van der Waals surface area contributed by atoms with Crippen LogP contribution in [0.5, 0.6) is 0 Å². The summed E-state index contributed by atoms with van der Waals surface area (Å²) in [4.78, 5) is 15.8. The molecule has 0 atom stereocenters. The molecule has 0 unspecified atom stereocenters. The topological polar surface area (TPSA) is 49.6 Å². The van der Waals surface area contributed by atoms with Gasteiger partial charge in [-0.1, -0.05) is 12.1 Å². The second-order valence-corrected chi connectivity index (χ2v) is 4.48. The average Bonchev–Trinajstić information content (AvgIpc) is 2.30. The van der Waals surface area contributed by atoms with Crippen molar-refractivity contribution in [2.75, 3.05) is 32.4 Å². The van der Waals surface area contributed by atoms with Crippen molar-refractivity contribution in [3.05, 3.63) is 29.8 Å². The van der Waals surface area contributed by atoms with Gasteiger partial charge < -0.3 is 10.6 Å². The predicted molar refractivity (Wildman–Crippen MR) is 75.1 cm³/mol. The molecule has 18 heavy (non-hydrogen) atoms. The number of nitrogens with zero attached hydrogens (tertiary/aromatic N) is 2. The monoisotopic (exact) mass is 249 g/mol. The smallest absolute Gasteiger partial charge is 0.236 e. The standard InChI is InChI=1S/C14H23N3O/c1-4-17(5-2)14(18)11-16(3)10-12-7-6-8-13(15)9-12/h6-9H,4-5,10-11,15H2,1-3H3. The molecule has 0 saturated heterocycles. The normalized spacial score (nSPS) is 10.7. The van der Waals surface area contributed by atoms with Crippen LogP contribution in [0.25, 0.3) is 0 Å². The van der Waals surface area contributed by atoms with Gasteiger partial charge in [0.1, 0.15) is 0 Å². The lowest BCUT2D eigenvalue weighted by atomic mass is 10.2. The van der Waals surface area contributed by atoms with Crippen LogP contribution in [0.15, 0.2) is 24.3 Å². The molecule has 100 valence electrons. The van der Waals surface area contributed by atoms with E-state index in [0.29, 0.717) is 6.54 Å². The van der Waals surface area contributed by atoms with Crippen LogP contribution in [0.1, 0.15) is 19.4 Å². The molecule has 0 spiro atoms. The fourth-order valence-electron chi connectivity index (χ4n) is 1.97. The molecule has 1 rings (SSSR count). The van der Waals surface area contributed by atoms with Gasteiger partial charge in [0.25, 0.3) is 0 Å². The zero-order valence-electron chi connectivity index (χ0n) is 11.5. The highest BCUT2D eigenvalue weighted by molar-refractivity contribution is 5.78. The Bertz CT molecular complexity index is 388. The maximum Gasteiger partial charge on any atom is 0.236 e. The third-order valence-electron chi connectivity index (χ3n) is 2.92.